The number of nitrogens with zero attached hydrogens (tertiary/aromatic N) is 1. The minimum absolute atomic E-state index is 0. The van der Waals surface area contributed by atoms with Crippen molar-refractivity contribution in [3.05, 3.63) is 29.8 Å². The molecular formula is C7H4LiNS. The van der Waals surface area contributed by atoms with Crippen LogP contribution in [0, 0.1) is 5.38 Å². The van der Waals surface area contributed by atoms with Gasteiger partial charge in [0.05, 0.1) is 0 Å². The number of hydrogen-bond acceptors (Lipinski definition) is 2. The molecule has 0 aliphatic carbocycles. The van der Waals surface area contributed by atoms with Gasteiger partial charge in [0, 0.05) is 6.20 Å². The monoisotopic (exact) mass is 141 g/mol. The zero-order valence-corrected chi connectivity index (χ0v) is 6.48. The Hall–Kier alpha value is -0.293. The summed E-state index contributed by atoms with van der Waals surface area (Å²) in [5.41, 5.74) is 1.04. The second kappa shape index (κ2) is 3.20. The van der Waals surface area contributed by atoms with Gasteiger partial charge in [-0.1, -0.05) is 11.6 Å². The molecule has 0 amide bonds. The second-order valence-corrected chi connectivity index (χ2v) is 2.63. The zero-order chi connectivity index (χ0) is 6.10. The fourth-order valence-electron chi connectivity index (χ4n) is 0.746. The van der Waals surface area contributed by atoms with Crippen molar-refractivity contribution in [1.82, 2.24) is 4.98 Å². The van der Waals surface area contributed by atoms with Crippen molar-refractivity contribution in [3.63, 3.8) is 0 Å². The minimum Gasteiger partial charge on any atom is -0.332 e. The standard InChI is InChI=1S/C7H4NS.Li/c1-2-7-6(8-4-1)3-5-9-7;/h1-4H;/q-1;+1. The van der Waals surface area contributed by atoms with E-state index in [1.807, 2.05) is 18.2 Å². The van der Waals surface area contributed by atoms with Crippen LogP contribution in [-0.2, 0) is 0 Å². The van der Waals surface area contributed by atoms with Gasteiger partial charge in [0.1, 0.15) is 0 Å². The third-order valence-corrected chi connectivity index (χ3v) is 1.97. The smallest absolute Gasteiger partial charge is 0.332 e. The van der Waals surface area contributed by atoms with Crippen molar-refractivity contribution in [3.8, 4) is 0 Å². The summed E-state index contributed by atoms with van der Waals surface area (Å²) < 4.78 is 1.21. The number of pyridine rings is 1. The van der Waals surface area contributed by atoms with E-state index in [2.05, 4.69) is 10.4 Å². The van der Waals surface area contributed by atoms with E-state index < -0.39 is 0 Å². The fourth-order valence-corrected chi connectivity index (χ4v) is 1.41. The average molecular weight is 141 g/mol. The van der Waals surface area contributed by atoms with Gasteiger partial charge in [0.25, 0.3) is 0 Å². The Morgan fingerprint density at radius 3 is 3.20 bits per heavy atom. The van der Waals surface area contributed by atoms with Gasteiger partial charge in [-0.2, -0.15) is 6.07 Å². The number of thiophene rings is 1. The summed E-state index contributed by atoms with van der Waals surface area (Å²) in [5, 5.41) is 3.02. The van der Waals surface area contributed by atoms with E-state index in [1.54, 1.807) is 17.5 Å². The maximum absolute atomic E-state index is 4.12. The van der Waals surface area contributed by atoms with Gasteiger partial charge in [-0.3, -0.25) is 11.3 Å². The Bertz CT molecular complexity index is 288. The number of hydrogen-bond donors (Lipinski definition) is 0. The molecule has 3 heteroatoms. The summed E-state index contributed by atoms with van der Waals surface area (Å²) >= 11 is 1.60. The number of fused-ring (bicyclic) bond motifs is 1. The third-order valence-electron chi connectivity index (χ3n) is 1.16. The van der Waals surface area contributed by atoms with E-state index in [1.165, 1.54) is 4.70 Å². The second-order valence-electron chi connectivity index (χ2n) is 1.75. The van der Waals surface area contributed by atoms with Gasteiger partial charge in [0.2, 0.25) is 0 Å². The van der Waals surface area contributed by atoms with E-state index in [-0.39, 0.29) is 18.9 Å². The van der Waals surface area contributed by atoms with Crippen molar-refractivity contribution in [2.75, 3.05) is 0 Å². The molecule has 0 N–H and O–H groups in total. The summed E-state index contributed by atoms with van der Waals surface area (Å²) in [6, 6.07) is 5.89. The van der Waals surface area contributed by atoms with Gasteiger partial charge in [-0.05, 0) is 0 Å². The van der Waals surface area contributed by atoms with Gasteiger partial charge in [-0.15, -0.1) is 16.1 Å². The molecule has 0 aromatic carbocycles. The summed E-state index contributed by atoms with van der Waals surface area (Å²) in [5.74, 6) is 0. The van der Waals surface area contributed by atoms with Gasteiger partial charge < -0.3 is 4.98 Å². The minimum atomic E-state index is 0. The van der Waals surface area contributed by atoms with E-state index >= 15 is 0 Å². The normalized spacial score (nSPS) is 9.20. The zero-order valence-electron chi connectivity index (χ0n) is 5.66. The first-order valence-electron chi connectivity index (χ1n) is 2.67. The molecule has 0 fully saturated rings. The molecule has 0 unspecified atom stereocenters. The van der Waals surface area contributed by atoms with Crippen LogP contribution in [0.5, 0.6) is 0 Å². The predicted octanol–water partition coefficient (Wildman–Crippen LogP) is -0.900. The fraction of sp³-hybridized carbons (Fsp3) is 0. The molecule has 0 bridgehead atoms. The molecule has 0 radical (unpaired) electrons. The van der Waals surface area contributed by atoms with E-state index in [4.69, 9.17) is 0 Å². The third kappa shape index (κ3) is 1.24. The quantitative estimate of drug-likeness (QED) is 0.342. The van der Waals surface area contributed by atoms with Crippen LogP contribution in [0.2, 0.25) is 0 Å². The molecule has 2 aromatic rings. The first-order chi connectivity index (χ1) is 4.47. The van der Waals surface area contributed by atoms with Crippen molar-refractivity contribution in [2.24, 2.45) is 0 Å². The van der Waals surface area contributed by atoms with Gasteiger partial charge >= 0.3 is 18.9 Å². The summed E-state index contributed by atoms with van der Waals surface area (Å²) in [7, 11) is 0. The Balaban J connectivity index is 0.000000500. The predicted molar refractivity (Wildman–Crippen MR) is 38.5 cm³/mol. The van der Waals surface area contributed by atoms with E-state index in [9.17, 15) is 0 Å². The Morgan fingerprint density at radius 1 is 1.50 bits per heavy atom. The van der Waals surface area contributed by atoms with Crippen LogP contribution < -0.4 is 18.9 Å². The largest absolute Gasteiger partial charge is 1.00 e. The van der Waals surface area contributed by atoms with Crippen molar-refractivity contribution < 1.29 is 18.9 Å². The average Bonchev–Trinajstić information content (AvgIpc) is 2.33. The molecule has 0 spiro atoms. The SMILES string of the molecule is [Li+].[c-]1cc2ncccc2s1. The molecule has 10 heavy (non-hydrogen) atoms. The van der Waals surface area contributed by atoms with Gasteiger partial charge in [-0.25, -0.2) is 0 Å². The van der Waals surface area contributed by atoms with E-state index in [0.29, 0.717) is 0 Å². The summed E-state index contributed by atoms with van der Waals surface area (Å²) in [6.07, 6.45) is 1.79. The Kier molecular flexibility index (Phi) is 2.50. The van der Waals surface area contributed by atoms with Crippen LogP contribution in [0.3, 0.4) is 0 Å². The van der Waals surface area contributed by atoms with E-state index in [0.717, 1.165) is 5.52 Å². The van der Waals surface area contributed by atoms with Crippen molar-refractivity contribution in [1.29, 1.82) is 0 Å². The summed E-state index contributed by atoms with van der Waals surface area (Å²) in [6.45, 7) is 0. The van der Waals surface area contributed by atoms with Crippen LogP contribution in [0.25, 0.3) is 10.2 Å². The van der Waals surface area contributed by atoms with Crippen LogP contribution in [-0.4, -0.2) is 4.98 Å². The molecule has 0 atom stereocenters. The molecule has 2 rings (SSSR count). The molecule has 44 valence electrons. The Labute approximate surface area is 75.3 Å². The molecule has 0 saturated carbocycles. The molecule has 2 heterocycles. The van der Waals surface area contributed by atoms with Crippen molar-refractivity contribution in [2.45, 2.75) is 0 Å². The van der Waals surface area contributed by atoms with Crippen LogP contribution in [0.1, 0.15) is 0 Å². The first-order valence-corrected chi connectivity index (χ1v) is 3.49. The molecular weight excluding hydrogens is 137 g/mol. The Morgan fingerprint density at radius 2 is 2.40 bits per heavy atom. The topological polar surface area (TPSA) is 12.9 Å². The molecule has 1 nitrogen and oxygen atoms in total. The molecule has 0 aliphatic rings. The van der Waals surface area contributed by atoms with Crippen molar-refractivity contribution >= 4 is 21.6 Å². The molecule has 2 aromatic heterocycles. The number of aromatic nitrogens is 1. The number of rotatable bonds is 0. The van der Waals surface area contributed by atoms with Crippen LogP contribution in [0.4, 0.5) is 0 Å². The van der Waals surface area contributed by atoms with Crippen LogP contribution >= 0.6 is 11.3 Å². The maximum Gasteiger partial charge on any atom is 1.00 e. The molecule has 0 aliphatic heterocycles. The van der Waals surface area contributed by atoms with Gasteiger partial charge in [0.15, 0.2) is 0 Å². The molecule has 0 saturated heterocycles. The first kappa shape index (κ1) is 7.81. The maximum atomic E-state index is 4.12. The van der Waals surface area contributed by atoms with Crippen LogP contribution in [0.15, 0.2) is 24.4 Å². The summed E-state index contributed by atoms with van der Waals surface area (Å²) in [4.78, 5) is 4.12.